The van der Waals surface area contributed by atoms with Crippen molar-refractivity contribution in [1.29, 1.82) is 0 Å². The number of H-pyrrole nitrogens is 1. The molecule has 1 aromatic heterocycles. The number of nitrogens with one attached hydrogen (secondary N) is 2. The van der Waals surface area contributed by atoms with Crippen LogP contribution in [0.5, 0.6) is 5.75 Å². The number of methoxy groups -OCH3 is 1. The first-order chi connectivity index (χ1) is 10.0. The van der Waals surface area contributed by atoms with Gasteiger partial charge in [0.15, 0.2) is 11.6 Å². The molecule has 8 nitrogen and oxygen atoms in total. The summed E-state index contributed by atoms with van der Waals surface area (Å²) >= 11 is 0. The van der Waals surface area contributed by atoms with Crippen LogP contribution in [0, 0.1) is 10.1 Å². The lowest BCUT2D eigenvalue weighted by Gasteiger charge is -2.05. The molecule has 1 heterocycles. The molecule has 0 radical (unpaired) electrons. The minimum absolute atomic E-state index is 0.0314. The Balaban J connectivity index is 2.21. The molecule has 8 heteroatoms. The lowest BCUT2D eigenvalue weighted by Crippen LogP contribution is -2.12. The summed E-state index contributed by atoms with van der Waals surface area (Å²) in [4.78, 5) is 22.3. The minimum Gasteiger partial charge on any atom is -0.490 e. The Bertz CT molecular complexity index is 681. The maximum absolute atomic E-state index is 12.1. The number of nitrogens with zero attached hydrogens (tertiary/aromatic N) is 2. The van der Waals surface area contributed by atoms with Crippen molar-refractivity contribution in [1.82, 2.24) is 10.2 Å². The number of nitro benzene ring substituents is 1. The van der Waals surface area contributed by atoms with Gasteiger partial charge in [-0.05, 0) is 12.5 Å². The Hall–Kier alpha value is -2.90. The van der Waals surface area contributed by atoms with Gasteiger partial charge in [-0.15, -0.1) is 0 Å². The molecule has 0 saturated carbocycles. The number of amides is 1. The molecule has 2 aromatic rings. The number of carbonyl (C=O) groups is 1. The van der Waals surface area contributed by atoms with Crippen LogP contribution in [0.2, 0.25) is 0 Å². The van der Waals surface area contributed by atoms with Crippen molar-refractivity contribution in [3.8, 4) is 5.75 Å². The molecule has 0 aliphatic carbocycles. The lowest BCUT2D eigenvalue weighted by atomic mass is 10.1. The van der Waals surface area contributed by atoms with Gasteiger partial charge >= 0.3 is 5.69 Å². The predicted octanol–water partition coefficient (Wildman–Crippen LogP) is 2.14. The van der Waals surface area contributed by atoms with Crippen LogP contribution in [0.15, 0.2) is 24.3 Å². The van der Waals surface area contributed by atoms with Crippen LogP contribution in [-0.2, 0) is 6.42 Å². The topological polar surface area (TPSA) is 110 Å². The fourth-order valence-corrected chi connectivity index (χ4v) is 1.76. The van der Waals surface area contributed by atoms with Crippen molar-refractivity contribution in [2.75, 3.05) is 12.4 Å². The van der Waals surface area contributed by atoms with E-state index in [0.29, 0.717) is 5.82 Å². The van der Waals surface area contributed by atoms with E-state index < -0.39 is 10.8 Å². The van der Waals surface area contributed by atoms with E-state index in [1.165, 1.54) is 25.3 Å². The molecule has 0 saturated heterocycles. The molecule has 0 spiro atoms. The maximum atomic E-state index is 12.1. The van der Waals surface area contributed by atoms with Gasteiger partial charge < -0.3 is 10.1 Å². The quantitative estimate of drug-likeness (QED) is 0.647. The smallest absolute Gasteiger partial charge is 0.310 e. The number of ether oxygens (including phenoxy) is 1. The lowest BCUT2D eigenvalue weighted by molar-refractivity contribution is -0.385. The predicted molar refractivity (Wildman–Crippen MR) is 75.6 cm³/mol. The Morgan fingerprint density at radius 1 is 1.48 bits per heavy atom. The fraction of sp³-hybridized carbons (Fsp3) is 0.231. The number of carbonyl (C=O) groups excluding carboxylic acids is 1. The van der Waals surface area contributed by atoms with Crippen LogP contribution in [0.4, 0.5) is 11.5 Å². The zero-order valence-corrected chi connectivity index (χ0v) is 11.5. The third-order valence-electron chi connectivity index (χ3n) is 2.89. The number of nitro groups is 1. The molecule has 0 fully saturated rings. The molecule has 0 bridgehead atoms. The van der Waals surface area contributed by atoms with Gasteiger partial charge in [0.05, 0.1) is 12.0 Å². The second-order valence-corrected chi connectivity index (χ2v) is 4.23. The second-order valence-electron chi connectivity index (χ2n) is 4.23. The number of anilines is 1. The van der Waals surface area contributed by atoms with Crippen LogP contribution in [0.1, 0.15) is 23.0 Å². The van der Waals surface area contributed by atoms with Gasteiger partial charge in [0, 0.05) is 29.5 Å². The summed E-state index contributed by atoms with van der Waals surface area (Å²) in [6.07, 6.45) is 0.772. The zero-order chi connectivity index (χ0) is 15.4. The number of benzene rings is 1. The number of hydrogen-bond donors (Lipinski definition) is 2. The van der Waals surface area contributed by atoms with Gasteiger partial charge in [0.1, 0.15) is 0 Å². The first kappa shape index (κ1) is 14.5. The van der Waals surface area contributed by atoms with E-state index >= 15 is 0 Å². The number of hydrogen-bond acceptors (Lipinski definition) is 5. The molecule has 0 aliphatic heterocycles. The summed E-state index contributed by atoms with van der Waals surface area (Å²) in [6.45, 7) is 1.96. The second kappa shape index (κ2) is 6.04. The van der Waals surface area contributed by atoms with Crippen LogP contribution in [0.25, 0.3) is 0 Å². The Morgan fingerprint density at radius 2 is 2.24 bits per heavy atom. The highest BCUT2D eigenvalue weighted by atomic mass is 16.6. The van der Waals surface area contributed by atoms with Gasteiger partial charge in [-0.2, -0.15) is 5.10 Å². The van der Waals surface area contributed by atoms with Gasteiger partial charge in [-0.25, -0.2) is 0 Å². The Morgan fingerprint density at radius 3 is 2.81 bits per heavy atom. The van der Waals surface area contributed by atoms with Gasteiger partial charge in [-0.3, -0.25) is 20.0 Å². The number of rotatable bonds is 5. The normalized spacial score (nSPS) is 10.2. The highest BCUT2D eigenvalue weighted by molar-refractivity contribution is 6.04. The average Bonchev–Trinajstić information content (AvgIpc) is 2.93. The summed E-state index contributed by atoms with van der Waals surface area (Å²) in [6, 6.07) is 5.64. The van der Waals surface area contributed by atoms with Gasteiger partial charge in [-0.1, -0.05) is 6.92 Å². The SMILES string of the molecule is CCc1cc(NC(=O)c2ccc([N+](=O)[O-])c(OC)c2)n[nH]1. The van der Waals surface area contributed by atoms with Crippen molar-refractivity contribution < 1.29 is 14.5 Å². The van der Waals surface area contributed by atoms with E-state index in [0.717, 1.165) is 12.1 Å². The van der Waals surface area contributed by atoms with E-state index in [4.69, 9.17) is 4.74 Å². The summed E-state index contributed by atoms with van der Waals surface area (Å²) < 4.78 is 4.93. The standard InChI is InChI=1S/C13H14N4O4/c1-3-9-7-12(16-15-9)14-13(18)8-4-5-10(17(19)20)11(6-8)21-2/h4-7H,3H2,1-2H3,(H2,14,15,16,18). The molecule has 2 N–H and O–H groups in total. The molecule has 2 rings (SSSR count). The van der Waals surface area contributed by atoms with Crippen LogP contribution in [-0.4, -0.2) is 28.1 Å². The van der Waals surface area contributed by atoms with E-state index in [9.17, 15) is 14.9 Å². The van der Waals surface area contributed by atoms with Gasteiger partial charge in [0.2, 0.25) is 0 Å². The molecular weight excluding hydrogens is 276 g/mol. The van der Waals surface area contributed by atoms with E-state index in [2.05, 4.69) is 15.5 Å². The Labute approximate surface area is 120 Å². The number of aromatic nitrogens is 2. The third-order valence-corrected chi connectivity index (χ3v) is 2.89. The number of aromatic amines is 1. The molecule has 1 amide bonds. The maximum Gasteiger partial charge on any atom is 0.310 e. The molecule has 110 valence electrons. The monoisotopic (exact) mass is 290 g/mol. The molecule has 0 unspecified atom stereocenters. The summed E-state index contributed by atoms with van der Waals surface area (Å²) in [5, 5.41) is 20.1. The summed E-state index contributed by atoms with van der Waals surface area (Å²) in [5.41, 5.74) is 0.951. The number of aryl methyl sites for hydroxylation is 1. The molecule has 0 aliphatic rings. The third kappa shape index (κ3) is 3.16. The molecular formula is C13H14N4O4. The first-order valence-electron chi connectivity index (χ1n) is 6.23. The van der Waals surface area contributed by atoms with E-state index in [1.807, 2.05) is 6.92 Å². The summed E-state index contributed by atoms with van der Waals surface area (Å²) in [5.74, 6) is 0.00967. The van der Waals surface area contributed by atoms with Crippen molar-refractivity contribution in [3.05, 3.63) is 45.6 Å². The molecule has 0 atom stereocenters. The van der Waals surface area contributed by atoms with Crippen molar-refractivity contribution in [3.63, 3.8) is 0 Å². The summed E-state index contributed by atoms with van der Waals surface area (Å²) in [7, 11) is 1.31. The largest absolute Gasteiger partial charge is 0.490 e. The van der Waals surface area contributed by atoms with Crippen LogP contribution in [0.3, 0.4) is 0 Å². The minimum atomic E-state index is -0.568. The highest BCUT2D eigenvalue weighted by Gasteiger charge is 2.17. The van der Waals surface area contributed by atoms with Crippen molar-refractivity contribution in [2.45, 2.75) is 13.3 Å². The molecule has 1 aromatic carbocycles. The van der Waals surface area contributed by atoms with Crippen LogP contribution >= 0.6 is 0 Å². The van der Waals surface area contributed by atoms with Crippen molar-refractivity contribution >= 4 is 17.4 Å². The fourth-order valence-electron chi connectivity index (χ4n) is 1.76. The molecule has 21 heavy (non-hydrogen) atoms. The van der Waals surface area contributed by atoms with E-state index in [1.54, 1.807) is 6.07 Å². The van der Waals surface area contributed by atoms with Crippen molar-refractivity contribution in [2.24, 2.45) is 0 Å². The first-order valence-corrected chi connectivity index (χ1v) is 6.23. The average molecular weight is 290 g/mol. The zero-order valence-electron chi connectivity index (χ0n) is 11.5. The highest BCUT2D eigenvalue weighted by Crippen LogP contribution is 2.27. The van der Waals surface area contributed by atoms with Gasteiger partial charge in [0.25, 0.3) is 5.91 Å². The van der Waals surface area contributed by atoms with E-state index in [-0.39, 0.29) is 17.0 Å². The van der Waals surface area contributed by atoms with Crippen LogP contribution < -0.4 is 10.1 Å². The Kier molecular flexibility index (Phi) is 4.17.